The number of nitrogens with zero attached hydrogens (tertiary/aromatic N) is 1. The number of imide groups is 1. The van der Waals surface area contributed by atoms with Crippen LogP contribution in [-0.2, 0) is 9.59 Å². The third-order valence-electron chi connectivity index (χ3n) is 4.99. The minimum absolute atomic E-state index is 0.173. The molecular weight excluding hydrogens is 464 g/mol. The predicted octanol–water partition coefficient (Wildman–Crippen LogP) is 3.16. The van der Waals surface area contributed by atoms with Crippen molar-refractivity contribution in [2.45, 2.75) is 0 Å². The number of methoxy groups -OCH3 is 3. The highest BCUT2D eigenvalue weighted by atomic mass is 32.2. The van der Waals surface area contributed by atoms with Crippen molar-refractivity contribution in [3.05, 3.63) is 40.8 Å². The Morgan fingerprint density at radius 1 is 1.03 bits per heavy atom. The number of hydrogen-bond acceptors (Lipinski definition) is 9. The fourth-order valence-corrected chi connectivity index (χ4v) is 4.28. The van der Waals surface area contributed by atoms with Crippen molar-refractivity contribution in [3.8, 4) is 28.7 Å². The summed E-state index contributed by atoms with van der Waals surface area (Å²) >= 11 is 0.750. The second-order valence-corrected chi connectivity index (χ2v) is 8.13. The van der Waals surface area contributed by atoms with E-state index in [9.17, 15) is 14.4 Å². The number of amides is 3. The van der Waals surface area contributed by atoms with Crippen LogP contribution in [0.3, 0.4) is 0 Å². The lowest BCUT2D eigenvalue weighted by molar-refractivity contribution is -0.127. The molecule has 1 saturated heterocycles. The lowest BCUT2D eigenvalue weighted by Gasteiger charge is -2.19. The molecule has 0 saturated carbocycles. The van der Waals surface area contributed by atoms with Gasteiger partial charge in [-0.2, -0.15) is 0 Å². The average Bonchev–Trinajstić information content (AvgIpc) is 3.10. The molecule has 2 heterocycles. The molecule has 3 amide bonds. The van der Waals surface area contributed by atoms with Crippen LogP contribution in [0.2, 0.25) is 0 Å². The molecule has 2 aromatic rings. The Morgan fingerprint density at radius 3 is 2.35 bits per heavy atom. The molecule has 1 N–H and O–H groups in total. The van der Waals surface area contributed by atoms with Gasteiger partial charge >= 0.3 is 0 Å². The van der Waals surface area contributed by atoms with Gasteiger partial charge in [-0.1, -0.05) is 0 Å². The Hall–Kier alpha value is -3.86. The SMILES string of the molecule is COc1cc(/C=C2/SC(=O)N(CC(=O)Nc3ccc4c(c3)OCCO4)C2=O)cc(OC)c1OC. The second kappa shape index (κ2) is 9.96. The van der Waals surface area contributed by atoms with Crippen molar-refractivity contribution in [2.75, 3.05) is 46.4 Å². The standard InChI is InChI=1S/C23H22N2O8S/c1-29-17-8-13(9-18(30-2)21(17)31-3)10-19-22(27)25(23(28)34-19)12-20(26)24-14-4-5-15-16(11-14)33-7-6-32-15/h4-5,8-11H,6-7,12H2,1-3H3,(H,24,26)/b19-10+. The molecule has 11 heteroatoms. The zero-order valence-corrected chi connectivity index (χ0v) is 19.5. The number of carbonyl (C=O) groups is 3. The molecule has 0 radical (unpaired) electrons. The van der Waals surface area contributed by atoms with Crippen LogP contribution in [0.25, 0.3) is 6.08 Å². The molecule has 0 aromatic heterocycles. The van der Waals surface area contributed by atoms with Gasteiger partial charge in [-0.15, -0.1) is 0 Å². The van der Waals surface area contributed by atoms with Crippen molar-refractivity contribution in [3.63, 3.8) is 0 Å². The van der Waals surface area contributed by atoms with Gasteiger partial charge in [0.2, 0.25) is 11.7 Å². The Kier molecular flexibility index (Phi) is 6.82. The fraction of sp³-hybridized carbons (Fsp3) is 0.261. The van der Waals surface area contributed by atoms with Crippen molar-refractivity contribution >= 4 is 40.6 Å². The Bertz CT molecular complexity index is 1150. The third kappa shape index (κ3) is 4.74. The lowest BCUT2D eigenvalue weighted by atomic mass is 10.1. The first-order chi connectivity index (χ1) is 16.4. The number of ether oxygens (including phenoxy) is 5. The average molecular weight is 487 g/mol. The minimum Gasteiger partial charge on any atom is -0.493 e. The number of thioether (sulfide) groups is 1. The molecule has 34 heavy (non-hydrogen) atoms. The highest BCUT2D eigenvalue weighted by molar-refractivity contribution is 8.18. The fourth-order valence-electron chi connectivity index (χ4n) is 3.44. The van der Waals surface area contributed by atoms with Gasteiger partial charge in [0, 0.05) is 11.8 Å². The summed E-state index contributed by atoms with van der Waals surface area (Å²) in [6.07, 6.45) is 1.54. The van der Waals surface area contributed by atoms with E-state index in [1.54, 1.807) is 30.3 Å². The summed E-state index contributed by atoms with van der Waals surface area (Å²) in [6, 6.07) is 8.28. The van der Waals surface area contributed by atoms with Crippen molar-refractivity contribution in [1.29, 1.82) is 0 Å². The van der Waals surface area contributed by atoms with Crippen molar-refractivity contribution < 1.29 is 38.1 Å². The van der Waals surface area contributed by atoms with Crippen LogP contribution in [0.1, 0.15) is 5.56 Å². The van der Waals surface area contributed by atoms with Crippen LogP contribution in [0.15, 0.2) is 35.2 Å². The van der Waals surface area contributed by atoms with Crippen LogP contribution in [0.5, 0.6) is 28.7 Å². The van der Waals surface area contributed by atoms with Gasteiger partial charge in [-0.3, -0.25) is 19.3 Å². The van der Waals surface area contributed by atoms with E-state index in [-0.39, 0.29) is 4.91 Å². The van der Waals surface area contributed by atoms with E-state index in [2.05, 4.69) is 5.32 Å². The molecule has 0 bridgehead atoms. The molecule has 178 valence electrons. The zero-order valence-electron chi connectivity index (χ0n) is 18.7. The van der Waals surface area contributed by atoms with Crippen molar-refractivity contribution in [2.24, 2.45) is 0 Å². The van der Waals surface area contributed by atoms with E-state index >= 15 is 0 Å². The number of anilines is 1. The van der Waals surface area contributed by atoms with Gasteiger partial charge in [-0.05, 0) is 47.7 Å². The van der Waals surface area contributed by atoms with Gasteiger partial charge < -0.3 is 29.0 Å². The van der Waals surface area contributed by atoms with E-state index < -0.39 is 23.6 Å². The monoisotopic (exact) mass is 486 g/mol. The summed E-state index contributed by atoms with van der Waals surface area (Å²) in [5.74, 6) is 1.24. The van der Waals surface area contributed by atoms with Crippen LogP contribution < -0.4 is 29.0 Å². The predicted molar refractivity (Wildman–Crippen MR) is 125 cm³/mol. The smallest absolute Gasteiger partial charge is 0.294 e. The van der Waals surface area contributed by atoms with E-state index in [0.717, 1.165) is 16.7 Å². The number of nitrogens with one attached hydrogen (secondary N) is 1. The third-order valence-corrected chi connectivity index (χ3v) is 5.89. The maximum atomic E-state index is 12.8. The molecular formula is C23H22N2O8S. The molecule has 0 spiro atoms. The Morgan fingerprint density at radius 2 is 1.71 bits per heavy atom. The number of carbonyl (C=O) groups excluding carboxylic acids is 3. The summed E-state index contributed by atoms with van der Waals surface area (Å²) in [6.45, 7) is 0.451. The molecule has 1 fully saturated rings. The molecule has 10 nitrogen and oxygen atoms in total. The van der Waals surface area contributed by atoms with E-state index in [1.807, 2.05) is 0 Å². The highest BCUT2D eigenvalue weighted by Gasteiger charge is 2.36. The normalized spacial score (nSPS) is 16.0. The van der Waals surface area contributed by atoms with Crippen LogP contribution in [0, 0.1) is 0 Å². The van der Waals surface area contributed by atoms with Gasteiger partial charge in [0.05, 0.1) is 26.2 Å². The molecule has 2 aromatic carbocycles. The van der Waals surface area contributed by atoms with Gasteiger partial charge in [0.25, 0.3) is 11.1 Å². The number of fused-ring (bicyclic) bond motifs is 1. The topological polar surface area (TPSA) is 113 Å². The van der Waals surface area contributed by atoms with Gasteiger partial charge in [0.1, 0.15) is 19.8 Å². The van der Waals surface area contributed by atoms with Gasteiger partial charge in [0.15, 0.2) is 23.0 Å². The maximum absolute atomic E-state index is 12.8. The largest absolute Gasteiger partial charge is 0.493 e. The quantitative estimate of drug-likeness (QED) is 0.590. The summed E-state index contributed by atoms with van der Waals surface area (Å²) in [5, 5.41) is 2.13. The molecule has 2 aliphatic rings. The first kappa shape index (κ1) is 23.3. The highest BCUT2D eigenvalue weighted by Crippen LogP contribution is 2.40. The summed E-state index contributed by atoms with van der Waals surface area (Å²) in [5.41, 5.74) is 1.04. The Balaban J connectivity index is 1.47. The maximum Gasteiger partial charge on any atom is 0.294 e. The molecule has 0 aliphatic carbocycles. The summed E-state index contributed by atoms with van der Waals surface area (Å²) in [7, 11) is 4.45. The van der Waals surface area contributed by atoms with E-state index in [4.69, 9.17) is 23.7 Å². The first-order valence-electron chi connectivity index (χ1n) is 10.2. The number of rotatable bonds is 7. The van der Waals surface area contributed by atoms with Crippen LogP contribution >= 0.6 is 11.8 Å². The van der Waals surface area contributed by atoms with Crippen LogP contribution in [0.4, 0.5) is 10.5 Å². The minimum atomic E-state index is -0.568. The van der Waals surface area contributed by atoms with E-state index in [1.165, 1.54) is 27.4 Å². The van der Waals surface area contributed by atoms with E-state index in [0.29, 0.717) is 53.2 Å². The van der Waals surface area contributed by atoms with Crippen LogP contribution in [-0.4, -0.2) is 63.0 Å². The summed E-state index contributed by atoms with van der Waals surface area (Å²) < 4.78 is 26.9. The zero-order chi connectivity index (χ0) is 24.2. The molecule has 0 unspecified atom stereocenters. The molecule has 2 aliphatic heterocycles. The second-order valence-electron chi connectivity index (χ2n) is 7.13. The number of hydrogen-bond donors (Lipinski definition) is 1. The first-order valence-corrected chi connectivity index (χ1v) is 11.0. The lowest BCUT2D eigenvalue weighted by Crippen LogP contribution is -2.36. The van der Waals surface area contributed by atoms with Gasteiger partial charge in [-0.25, -0.2) is 0 Å². The molecule has 0 atom stereocenters. The molecule has 4 rings (SSSR count). The number of benzene rings is 2. The summed E-state index contributed by atoms with van der Waals surface area (Å²) in [4.78, 5) is 38.9. The van der Waals surface area contributed by atoms with Crippen molar-refractivity contribution in [1.82, 2.24) is 4.90 Å². The Labute approximate surface area is 199 Å².